The smallest absolute Gasteiger partial charge is 0.325 e. The van der Waals surface area contributed by atoms with Gasteiger partial charge < -0.3 is 15.7 Å². The van der Waals surface area contributed by atoms with Crippen molar-refractivity contribution in [2.45, 2.75) is 39.3 Å². The molecule has 1 rings (SSSR count). The number of aryl methyl sites for hydroxylation is 1. The van der Waals surface area contributed by atoms with E-state index < -0.39 is 24.0 Å². The average molecular weight is 292 g/mol. The standard InChI is InChI=1S/C15H20N2O4/c1-9-4-6-12(7-5-9)13(17-11(3)18)8-14(19)16-10(2)15(20)21/h4-7,10,13H,8H2,1-3H3,(H,16,19)(H,17,18)(H,20,21)/t10-,13?/m1/s1. The molecule has 0 radical (unpaired) electrons. The summed E-state index contributed by atoms with van der Waals surface area (Å²) in [5.41, 5.74) is 1.87. The number of nitrogens with one attached hydrogen (secondary N) is 2. The molecule has 2 amide bonds. The Morgan fingerprint density at radius 3 is 2.19 bits per heavy atom. The molecule has 0 aliphatic heterocycles. The lowest BCUT2D eigenvalue weighted by molar-refractivity contribution is -0.141. The molecule has 0 fully saturated rings. The van der Waals surface area contributed by atoms with Gasteiger partial charge in [0, 0.05) is 6.92 Å². The van der Waals surface area contributed by atoms with Crippen LogP contribution in [0.25, 0.3) is 0 Å². The fourth-order valence-corrected chi connectivity index (χ4v) is 1.84. The van der Waals surface area contributed by atoms with Gasteiger partial charge in [-0.25, -0.2) is 0 Å². The summed E-state index contributed by atoms with van der Waals surface area (Å²) in [5, 5.41) is 13.8. The average Bonchev–Trinajstić information content (AvgIpc) is 2.38. The van der Waals surface area contributed by atoms with Crippen molar-refractivity contribution in [3.63, 3.8) is 0 Å². The van der Waals surface area contributed by atoms with Gasteiger partial charge in [-0.05, 0) is 19.4 Å². The van der Waals surface area contributed by atoms with Gasteiger partial charge in [0.1, 0.15) is 6.04 Å². The highest BCUT2D eigenvalue weighted by molar-refractivity contribution is 5.84. The third kappa shape index (κ3) is 5.64. The van der Waals surface area contributed by atoms with Crippen LogP contribution in [0.4, 0.5) is 0 Å². The van der Waals surface area contributed by atoms with Crippen molar-refractivity contribution in [3.05, 3.63) is 35.4 Å². The van der Waals surface area contributed by atoms with Crippen molar-refractivity contribution in [1.29, 1.82) is 0 Å². The Morgan fingerprint density at radius 1 is 1.14 bits per heavy atom. The van der Waals surface area contributed by atoms with Gasteiger partial charge in [-0.3, -0.25) is 14.4 Å². The van der Waals surface area contributed by atoms with Crippen LogP contribution in [0.2, 0.25) is 0 Å². The van der Waals surface area contributed by atoms with Crippen LogP contribution in [-0.4, -0.2) is 28.9 Å². The molecule has 0 aliphatic rings. The Morgan fingerprint density at radius 2 is 1.71 bits per heavy atom. The Hall–Kier alpha value is -2.37. The van der Waals surface area contributed by atoms with Crippen LogP contribution >= 0.6 is 0 Å². The molecule has 0 spiro atoms. The number of carboxylic acids is 1. The van der Waals surface area contributed by atoms with Gasteiger partial charge in [-0.15, -0.1) is 0 Å². The lowest BCUT2D eigenvalue weighted by Gasteiger charge is -2.19. The van der Waals surface area contributed by atoms with Crippen molar-refractivity contribution >= 4 is 17.8 Å². The highest BCUT2D eigenvalue weighted by atomic mass is 16.4. The summed E-state index contributed by atoms with van der Waals surface area (Å²) in [5.74, 6) is -1.78. The number of hydrogen-bond donors (Lipinski definition) is 3. The van der Waals surface area contributed by atoms with E-state index in [1.165, 1.54) is 13.8 Å². The van der Waals surface area contributed by atoms with Gasteiger partial charge in [0.05, 0.1) is 12.5 Å². The molecule has 0 heterocycles. The van der Waals surface area contributed by atoms with Crippen molar-refractivity contribution < 1.29 is 19.5 Å². The van der Waals surface area contributed by atoms with Crippen LogP contribution in [-0.2, 0) is 14.4 Å². The molecule has 2 atom stereocenters. The number of carbonyl (C=O) groups is 3. The summed E-state index contributed by atoms with van der Waals surface area (Å²) in [6.45, 7) is 4.71. The summed E-state index contributed by atoms with van der Waals surface area (Å²) in [4.78, 5) is 33.9. The van der Waals surface area contributed by atoms with Crippen molar-refractivity contribution in [2.24, 2.45) is 0 Å². The molecule has 6 heteroatoms. The van der Waals surface area contributed by atoms with Crippen LogP contribution in [0.15, 0.2) is 24.3 Å². The van der Waals surface area contributed by atoms with E-state index in [-0.39, 0.29) is 12.3 Å². The quantitative estimate of drug-likeness (QED) is 0.733. The lowest BCUT2D eigenvalue weighted by Crippen LogP contribution is -2.40. The van der Waals surface area contributed by atoms with E-state index >= 15 is 0 Å². The first-order valence-corrected chi connectivity index (χ1v) is 6.65. The second kappa shape index (κ2) is 7.42. The second-order valence-corrected chi connectivity index (χ2v) is 5.00. The second-order valence-electron chi connectivity index (χ2n) is 5.00. The fourth-order valence-electron chi connectivity index (χ4n) is 1.84. The van der Waals surface area contributed by atoms with Crippen LogP contribution in [0.3, 0.4) is 0 Å². The minimum atomic E-state index is -1.10. The summed E-state index contributed by atoms with van der Waals surface area (Å²) >= 11 is 0. The van der Waals surface area contributed by atoms with Gasteiger partial charge in [0.2, 0.25) is 11.8 Å². The Labute approximate surface area is 123 Å². The number of amides is 2. The number of aliphatic carboxylic acids is 1. The first-order chi connectivity index (χ1) is 9.79. The zero-order valence-corrected chi connectivity index (χ0v) is 12.3. The molecular weight excluding hydrogens is 272 g/mol. The first kappa shape index (κ1) is 16.7. The molecule has 1 unspecified atom stereocenters. The monoisotopic (exact) mass is 292 g/mol. The molecule has 0 aliphatic carbocycles. The third-order valence-corrected chi connectivity index (χ3v) is 2.99. The van der Waals surface area contributed by atoms with Crippen LogP contribution in [0.1, 0.15) is 37.4 Å². The maximum Gasteiger partial charge on any atom is 0.325 e. The number of benzene rings is 1. The summed E-state index contributed by atoms with van der Waals surface area (Å²) in [7, 11) is 0. The van der Waals surface area contributed by atoms with Gasteiger partial charge in [0.25, 0.3) is 0 Å². The van der Waals surface area contributed by atoms with Gasteiger partial charge in [-0.1, -0.05) is 29.8 Å². The minimum Gasteiger partial charge on any atom is -0.480 e. The van der Waals surface area contributed by atoms with Gasteiger partial charge in [-0.2, -0.15) is 0 Å². The van der Waals surface area contributed by atoms with Gasteiger partial charge in [0.15, 0.2) is 0 Å². The van der Waals surface area contributed by atoms with E-state index in [4.69, 9.17) is 5.11 Å². The molecule has 6 nitrogen and oxygen atoms in total. The molecule has 1 aromatic rings. The molecule has 21 heavy (non-hydrogen) atoms. The molecule has 0 bridgehead atoms. The number of carboxylic acid groups (broad SMARTS) is 1. The normalized spacial score (nSPS) is 13.1. The molecule has 0 saturated carbocycles. The van der Waals surface area contributed by atoms with Crippen molar-refractivity contribution in [2.75, 3.05) is 0 Å². The summed E-state index contributed by atoms with van der Waals surface area (Å²) in [6.07, 6.45) is -0.0136. The van der Waals surface area contributed by atoms with Crippen molar-refractivity contribution in [3.8, 4) is 0 Å². The zero-order chi connectivity index (χ0) is 16.0. The Balaban J connectivity index is 2.79. The molecule has 3 N–H and O–H groups in total. The highest BCUT2D eigenvalue weighted by Gasteiger charge is 2.20. The highest BCUT2D eigenvalue weighted by Crippen LogP contribution is 2.17. The van der Waals surface area contributed by atoms with E-state index in [0.29, 0.717) is 0 Å². The Kier molecular flexibility index (Phi) is 5.90. The summed E-state index contributed by atoms with van der Waals surface area (Å²) < 4.78 is 0. The third-order valence-electron chi connectivity index (χ3n) is 2.99. The van der Waals surface area contributed by atoms with Gasteiger partial charge >= 0.3 is 5.97 Å². The van der Waals surface area contributed by atoms with Crippen molar-refractivity contribution in [1.82, 2.24) is 10.6 Å². The van der Waals surface area contributed by atoms with Crippen LogP contribution in [0, 0.1) is 6.92 Å². The van der Waals surface area contributed by atoms with E-state index in [9.17, 15) is 14.4 Å². The topological polar surface area (TPSA) is 95.5 Å². The Bertz CT molecular complexity index is 525. The fraction of sp³-hybridized carbons (Fsp3) is 0.400. The van der Waals surface area contributed by atoms with E-state index in [1.54, 1.807) is 0 Å². The zero-order valence-electron chi connectivity index (χ0n) is 12.3. The number of carbonyl (C=O) groups excluding carboxylic acids is 2. The maximum atomic E-state index is 11.9. The molecule has 0 saturated heterocycles. The SMILES string of the molecule is CC(=O)NC(CC(=O)N[C@H](C)C(=O)O)c1ccc(C)cc1. The lowest BCUT2D eigenvalue weighted by atomic mass is 10.0. The first-order valence-electron chi connectivity index (χ1n) is 6.65. The van der Waals surface area contributed by atoms with E-state index in [0.717, 1.165) is 11.1 Å². The van der Waals surface area contributed by atoms with E-state index in [1.807, 2.05) is 31.2 Å². The maximum absolute atomic E-state index is 11.9. The molecular formula is C15H20N2O4. The molecule has 1 aromatic carbocycles. The number of rotatable bonds is 6. The predicted octanol–water partition coefficient (Wildman–Crippen LogP) is 1.15. The van der Waals surface area contributed by atoms with E-state index in [2.05, 4.69) is 10.6 Å². The van der Waals surface area contributed by atoms with Crippen LogP contribution in [0.5, 0.6) is 0 Å². The summed E-state index contributed by atoms with van der Waals surface area (Å²) in [6, 6.07) is 6.01. The number of hydrogen-bond acceptors (Lipinski definition) is 3. The minimum absolute atomic E-state index is 0.0136. The van der Waals surface area contributed by atoms with Crippen LogP contribution < -0.4 is 10.6 Å². The largest absolute Gasteiger partial charge is 0.480 e. The predicted molar refractivity (Wildman–Crippen MR) is 77.6 cm³/mol. The molecule has 0 aromatic heterocycles. The molecule has 114 valence electrons.